The molecule has 0 bridgehead atoms. The molecule has 7 nitrogen and oxygen atoms in total. The maximum atomic E-state index is 15.4. The van der Waals surface area contributed by atoms with Crippen molar-refractivity contribution < 1.29 is 14.3 Å². The molecule has 1 N–H and O–H groups in total. The van der Waals surface area contributed by atoms with Gasteiger partial charge in [-0.05, 0) is 57.7 Å². The van der Waals surface area contributed by atoms with E-state index >= 15 is 4.39 Å². The molecular formula is C24H29FN4O3. The van der Waals surface area contributed by atoms with E-state index in [0.717, 1.165) is 19.3 Å². The van der Waals surface area contributed by atoms with Crippen LogP contribution < -0.4 is 10.3 Å². The molecule has 170 valence electrons. The Labute approximate surface area is 186 Å². The largest absolute Gasteiger partial charge is 0.477 e. The zero-order valence-corrected chi connectivity index (χ0v) is 18.8. The Morgan fingerprint density at radius 3 is 2.75 bits per heavy atom. The highest BCUT2D eigenvalue weighted by atomic mass is 19.1. The average molecular weight is 441 g/mol. The zero-order valence-electron chi connectivity index (χ0n) is 18.8. The summed E-state index contributed by atoms with van der Waals surface area (Å²) in [6, 6.07) is 3.81. The lowest BCUT2D eigenvalue weighted by Gasteiger charge is -2.30. The number of aromatic nitrogens is 1. The number of carboxylic acids is 1. The van der Waals surface area contributed by atoms with Crippen LogP contribution in [0.15, 0.2) is 17.1 Å². The van der Waals surface area contributed by atoms with E-state index in [2.05, 4.69) is 22.8 Å². The molecule has 2 aliphatic rings. The van der Waals surface area contributed by atoms with Gasteiger partial charge in [0.05, 0.1) is 17.3 Å². The van der Waals surface area contributed by atoms with Gasteiger partial charge in [-0.15, -0.1) is 0 Å². The smallest absolute Gasteiger partial charge is 0.341 e. The van der Waals surface area contributed by atoms with Crippen LogP contribution in [0.4, 0.5) is 10.1 Å². The number of pyridine rings is 1. The fourth-order valence-electron chi connectivity index (χ4n) is 5.03. The maximum Gasteiger partial charge on any atom is 0.341 e. The van der Waals surface area contributed by atoms with E-state index in [9.17, 15) is 14.7 Å². The standard InChI is InChI=1S/C24H29FN4O3/c1-14-21-18(23(30)19(24(31)32)13-29(21)17-5-6-17)11-20(25)22(14)28-10-7-16(12-28)15(2)27(3)9-4-8-26/h11,13,15-17H,4-7,9-10,12H2,1-3H3,(H,31,32). The van der Waals surface area contributed by atoms with Crippen LogP contribution in [0.1, 0.15) is 54.6 Å². The van der Waals surface area contributed by atoms with Crippen molar-refractivity contribution in [3.05, 3.63) is 39.4 Å². The molecule has 1 saturated heterocycles. The zero-order chi connectivity index (χ0) is 23.2. The van der Waals surface area contributed by atoms with Gasteiger partial charge in [-0.1, -0.05) is 0 Å². The fourth-order valence-corrected chi connectivity index (χ4v) is 5.03. The Balaban J connectivity index is 1.73. The molecule has 1 saturated carbocycles. The van der Waals surface area contributed by atoms with Crippen LogP contribution in [0, 0.1) is 30.0 Å². The maximum absolute atomic E-state index is 15.4. The van der Waals surface area contributed by atoms with Crippen molar-refractivity contribution in [2.45, 2.75) is 51.6 Å². The van der Waals surface area contributed by atoms with Gasteiger partial charge >= 0.3 is 5.97 Å². The normalized spacial score (nSPS) is 19.5. The third kappa shape index (κ3) is 3.86. The number of nitriles is 1. The van der Waals surface area contributed by atoms with E-state index < -0.39 is 17.2 Å². The van der Waals surface area contributed by atoms with Crippen LogP contribution in [0.2, 0.25) is 0 Å². The van der Waals surface area contributed by atoms with E-state index in [4.69, 9.17) is 5.26 Å². The van der Waals surface area contributed by atoms with Gasteiger partial charge in [0.1, 0.15) is 11.4 Å². The second-order valence-electron chi connectivity index (χ2n) is 9.17. The Morgan fingerprint density at radius 2 is 2.12 bits per heavy atom. The number of nitrogens with zero attached hydrogens (tertiary/aromatic N) is 4. The summed E-state index contributed by atoms with van der Waals surface area (Å²) < 4.78 is 17.2. The van der Waals surface area contributed by atoms with E-state index in [-0.39, 0.29) is 23.0 Å². The van der Waals surface area contributed by atoms with Crippen LogP contribution in [-0.4, -0.2) is 53.3 Å². The molecule has 1 aliphatic carbocycles. The van der Waals surface area contributed by atoms with Gasteiger partial charge in [-0.2, -0.15) is 5.26 Å². The minimum Gasteiger partial charge on any atom is -0.477 e. The number of benzene rings is 1. The first-order chi connectivity index (χ1) is 15.2. The summed E-state index contributed by atoms with van der Waals surface area (Å²) in [4.78, 5) is 28.6. The summed E-state index contributed by atoms with van der Waals surface area (Å²) in [7, 11) is 2.01. The average Bonchev–Trinajstić information content (AvgIpc) is 3.49. The lowest BCUT2D eigenvalue weighted by Crippen LogP contribution is -2.37. The van der Waals surface area contributed by atoms with Crippen molar-refractivity contribution in [2.75, 3.05) is 31.6 Å². The van der Waals surface area contributed by atoms with E-state index in [1.54, 1.807) is 0 Å². The van der Waals surface area contributed by atoms with Crippen LogP contribution in [0.25, 0.3) is 10.9 Å². The minimum absolute atomic E-state index is 0.135. The first-order valence-electron chi connectivity index (χ1n) is 11.2. The second kappa shape index (κ2) is 8.55. The van der Waals surface area contributed by atoms with Crippen LogP contribution in [0.5, 0.6) is 0 Å². The topological polar surface area (TPSA) is 89.6 Å². The summed E-state index contributed by atoms with van der Waals surface area (Å²) >= 11 is 0. The number of aromatic carboxylic acids is 1. The monoisotopic (exact) mass is 440 g/mol. The molecular weight excluding hydrogens is 411 g/mol. The van der Waals surface area contributed by atoms with Crippen molar-refractivity contribution in [2.24, 2.45) is 5.92 Å². The number of anilines is 1. The molecule has 2 fully saturated rings. The van der Waals surface area contributed by atoms with E-state index in [0.29, 0.717) is 48.7 Å². The molecule has 1 aromatic heterocycles. The molecule has 1 aliphatic heterocycles. The van der Waals surface area contributed by atoms with Crippen molar-refractivity contribution in [3.63, 3.8) is 0 Å². The van der Waals surface area contributed by atoms with Crippen molar-refractivity contribution in [1.82, 2.24) is 9.47 Å². The van der Waals surface area contributed by atoms with Gasteiger partial charge in [-0.25, -0.2) is 9.18 Å². The molecule has 1 aromatic carbocycles. The fraction of sp³-hybridized carbons (Fsp3) is 0.542. The summed E-state index contributed by atoms with van der Waals surface area (Å²) in [5.74, 6) is -1.43. The highest BCUT2D eigenvalue weighted by molar-refractivity contribution is 5.95. The van der Waals surface area contributed by atoms with E-state index in [1.807, 2.05) is 18.5 Å². The minimum atomic E-state index is -1.29. The number of fused-ring (bicyclic) bond motifs is 1. The highest BCUT2D eigenvalue weighted by Crippen LogP contribution is 2.41. The summed E-state index contributed by atoms with van der Waals surface area (Å²) in [6.07, 6.45) is 4.66. The number of carboxylic acid groups (broad SMARTS) is 1. The molecule has 2 unspecified atom stereocenters. The van der Waals surface area contributed by atoms with Gasteiger partial charge in [0.2, 0.25) is 5.43 Å². The number of hydrogen-bond donors (Lipinski definition) is 1. The number of rotatable bonds is 7. The Morgan fingerprint density at radius 1 is 1.41 bits per heavy atom. The number of aryl methyl sites for hydroxylation is 1. The Hall–Kier alpha value is -2.92. The van der Waals surface area contributed by atoms with Gasteiger partial charge in [0, 0.05) is 49.7 Å². The molecule has 0 spiro atoms. The predicted molar refractivity (Wildman–Crippen MR) is 121 cm³/mol. The Kier molecular flexibility index (Phi) is 5.95. The number of hydrogen-bond acceptors (Lipinski definition) is 5. The van der Waals surface area contributed by atoms with Gasteiger partial charge < -0.3 is 19.5 Å². The van der Waals surface area contributed by atoms with Crippen molar-refractivity contribution >= 4 is 22.6 Å². The molecule has 4 rings (SSSR count). The third-order valence-corrected chi connectivity index (χ3v) is 7.14. The molecule has 2 aromatic rings. The predicted octanol–water partition coefficient (Wildman–Crippen LogP) is 3.54. The third-order valence-electron chi connectivity index (χ3n) is 7.14. The summed E-state index contributed by atoms with van der Waals surface area (Å²) in [5, 5.41) is 18.4. The van der Waals surface area contributed by atoms with Gasteiger partial charge in [0.25, 0.3) is 0 Å². The van der Waals surface area contributed by atoms with Crippen molar-refractivity contribution in [1.29, 1.82) is 5.26 Å². The summed E-state index contributed by atoms with van der Waals surface area (Å²) in [5.41, 5.74) is 0.883. The number of halogens is 1. The lowest BCUT2D eigenvalue weighted by molar-refractivity contribution is 0.0695. The van der Waals surface area contributed by atoms with Gasteiger partial charge in [-0.3, -0.25) is 4.79 Å². The van der Waals surface area contributed by atoms with Crippen LogP contribution in [0.3, 0.4) is 0 Å². The first-order valence-corrected chi connectivity index (χ1v) is 11.2. The first kappa shape index (κ1) is 22.3. The molecule has 0 amide bonds. The lowest BCUT2D eigenvalue weighted by atomic mass is 9.99. The molecule has 0 radical (unpaired) electrons. The Bertz CT molecular complexity index is 1160. The van der Waals surface area contributed by atoms with Crippen LogP contribution >= 0.6 is 0 Å². The molecule has 32 heavy (non-hydrogen) atoms. The quantitative estimate of drug-likeness (QED) is 0.708. The van der Waals surface area contributed by atoms with Crippen LogP contribution in [-0.2, 0) is 0 Å². The second-order valence-corrected chi connectivity index (χ2v) is 9.17. The molecule has 8 heteroatoms. The van der Waals surface area contributed by atoms with Gasteiger partial charge in [0.15, 0.2) is 0 Å². The summed E-state index contributed by atoms with van der Waals surface area (Å²) in [6.45, 7) is 6.09. The molecule has 2 atom stereocenters. The van der Waals surface area contributed by atoms with E-state index in [1.165, 1.54) is 12.3 Å². The van der Waals surface area contributed by atoms with Crippen molar-refractivity contribution in [3.8, 4) is 6.07 Å². The highest BCUT2D eigenvalue weighted by Gasteiger charge is 2.33. The number of carbonyl (C=O) groups is 1. The SMILES string of the molecule is Cc1c(N2CCC(C(C)N(C)CCC#N)C2)c(F)cc2c(=O)c(C(=O)O)cn(C3CC3)c12. The molecule has 2 heterocycles.